The minimum Gasteiger partial charge on any atom is -0.494 e. The molecule has 0 unspecified atom stereocenters. The number of hydrogen-bond donors (Lipinski definition) is 2. The van der Waals surface area contributed by atoms with E-state index in [1.807, 2.05) is 132 Å². The second kappa shape index (κ2) is 41.3. The van der Waals surface area contributed by atoms with E-state index in [4.69, 9.17) is 82.0 Å². The fourth-order valence-electron chi connectivity index (χ4n) is 13.2. The molecule has 104 heavy (non-hydrogen) atoms. The molecule has 9 rings (SSSR count). The molecule has 2 N–H and O–H groups in total. The minimum absolute atomic E-state index is 0.462. The molecule has 5 heterocycles. The van der Waals surface area contributed by atoms with Crippen LogP contribution in [0.2, 0.25) is 24.2 Å². The maximum atomic E-state index is 6.43. The zero-order chi connectivity index (χ0) is 73.6. The third-order valence-corrected chi connectivity index (χ3v) is 29.9. The first-order valence-corrected chi connectivity index (χ1v) is 45.3. The number of ether oxygens (including phenoxy) is 4. The summed E-state index contributed by atoms with van der Waals surface area (Å²) in [6.45, 7) is 31.8. The molecule has 7 aromatic rings. The summed E-state index contributed by atoms with van der Waals surface area (Å²) in [5, 5.41) is 0. The van der Waals surface area contributed by atoms with Gasteiger partial charge in [-0.2, -0.15) is 0 Å². The Labute approximate surface area is 620 Å². The van der Waals surface area contributed by atoms with E-state index in [1.54, 1.807) is 0 Å². The Balaban J connectivity index is 1.17. The van der Waals surface area contributed by atoms with Gasteiger partial charge in [-0.05, 0) is 228 Å². The molecular formula is C80H110N4O16Si4. The Hall–Kier alpha value is -6.93. The van der Waals surface area contributed by atoms with Crippen molar-refractivity contribution in [3.05, 3.63) is 144 Å². The molecule has 24 heteroatoms. The van der Waals surface area contributed by atoms with Crippen molar-refractivity contribution in [1.29, 1.82) is 0 Å². The van der Waals surface area contributed by atoms with Gasteiger partial charge >= 0.3 is 35.2 Å². The number of hydrogen-bond acceptors (Lipinski definition) is 18. The molecule has 0 aliphatic carbocycles. The quantitative estimate of drug-likeness (QED) is 0.0269. The smallest absolute Gasteiger partial charge is 0.494 e. The van der Waals surface area contributed by atoms with Crippen molar-refractivity contribution < 1.29 is 72.1 Å². The number of fused-ring (bicyclic) bond motifs is 8. The topological polar surface area (TPSA) is 205 Å². The maximum Gasteiger partial charge on any atom is 0.501 e. The van der Waals surface area contributed by atoms with Crippen LogP contribution in [0.1, 0.15) is 132 Å². The van der Waals surface area contributed by atoms with E-state index in [0.29, 0.717) is 156 Å². The molecule has 0 atom stereocenters. The Kier molecular flexibility index (Phi) is 32.2. The number of aromatic amines is 2. The highest BCUT2D eigenvalue weighted by Crippen LogP contribution is 2.40. The molecule has 2 aliphatic heterocycles. The maximum absolute atomic E-state index is 6.43. The van der Waals surface area contributed by atoms with Crippen molar-refractivity contribution in [3.63, 3.8) is 0 Å². The third-order valence-electron chi connectivity index (χ3n) is 17.3. The van der Waals surface area contributed by atoms with Gasteiger partial charge in [-0.25, -0.2) is 9.97 Å². The second-order valence-corrected chi connectivity index (χ2v) is 35.3. The SMILES string of the molecule is CCO[Si](CCCOc1ccc(-c2c3nc(c(-c4ccc(OCCC[Si](OCC)(OCC)OCC)cc4)c4ccc([nH]4)c(-c4ccc(OCCC[Si](OCC)(OCC)OCC)cc4)c4nc(c(-c5ccc(OCCC[Si](OCC)(OCC)OCC)cc5)c5ccc2[nH]5)C=C4)C=C3)cc1)(OCC)OCC. The van der Waals surface area contributed by atoms with Gasteiger partial charge in [0.05, 0.1) is 49.2 Å². The highest BCUT2D eigenvalue weighted by Gasteiger charge is 2.43. The number of rotatable bonds is 48. The van der Waals surface area contributed by atoms with Gasteiger partial charge in [0.2, 0.25) is 0 Å². The number of benzene rings is 4. The van der Waals surface area contributed by atoms with Crippen LogP contribution in [0.5, 0.6) is 23.0 Å². The standard InChI is InChI=1S/C80H110N4O16Si4/c1-13-89-101(90-14-2,91-15-3)57-25-53-85-65-37-29-61(30-38-65)77-69-45-47-71(81-69)78(62-31-39-66(40-32-62)86-54-26-58-102(92-16-4,93-17-5)94-18-6)73-49-51-75(83-73)80(64-35-43-68(44-36-64)88-56-28-60-104(98-22-10,99-23-11)100-24-12)76-52-50-74(84-76)79(72-48-46-70(77)82-72)63-33-41-67(42-34-63)87-55-27-59-103(95-19-7,96-20-8)97-21-9/h29-52,81,84H,13-28,53-60H2,1-12H3. The summed E-state index contributed by atoms with van der Waals surface area (Å²) in [5.74, 6) is 2.95. The molecule has 20 nitrogen and oxygen atoms in total. The van der Waals surface area contributed by atoms with Crippen LogP contribution in [-0.2, 0) is 53.1 Å². The predicted octanol–water partition coefficient (Wildman–Crippen LogP) is 18.6. The molecule has 0 saturated heterocycles. The summed E-state index contributed by atoms with van der Waals surface area (Å²) in [4.78, 5) is 19.1. The van der Waals surface area contributed by atoms with Crippen molar-refractivity contribution in [2.45, 2.75) is 133 Å². The van der Waals surface area contributed by atoms with Crippen molar-refractivity contribution in [2.75, 3.05) is 106 Å². The summed E-state index contributed by atoms with van der Waals surface area (Å²) in [6.07, 6.45) is 11.2. The van der Waals surface area contributed by atoms with Crippen LogP contribution in [0.15, 0.2) is 121 Å². The largest absolute Gasteiger partial charge is 0.501 e. The molecule has 0 radical (unpaired) electrons. The summed E-state index contributed by atoms with van der Waals surface area (Å²) in [5.41, 5.74) is 13.8. The van der Waals surface area contributed by atoms with Gasteiger partial charge in [0.15, 0.2) is 0 Å². The van der Waals surface area contributed by atoms with Crippen LogP contribution in [0.3, 0.4) is 0 Å². The Bertz CT molecular complexity index is 3420. The molecule has 8 bridgehead atoms. The van der Waals surface area contributed by atoms with Gasteiger partial charge in [-0.3, -0.25) is 0 Å². The van der Waals surface area contributed by atoms with Crippen LogP contribution in [0.4, 0.5) is 0 Å². The number of nitrogens with one attached hydrogen (secondary N) is 2. The lowest BCUT2D eigenvalue weighted by atomic mass is 10.0. The van der Waals surface area contributed by atoms with Crippen LogP contribution in [-0.4, -0.2) is 161 Å². The van der Waals surface area contributed by atoms with E-state index in [1.165, 1.54) is 0 Å². The minimum atomic E-state index is -2.85. The van der Waals surface area contributed by atoms with Gasteiger partial charge in [0.1, 0.15) is 23.0 Å². The first kappa shape index (κ1) is 81.2. The fraction of sp³-hybridized carbons (Fsp3) is 0.450. The number of H-pyrrole nitrogens is 2. The average Bonchev–Trinajstić information content (AvgIpc) is 1.61. The number of nitrogens with zero attached hydrogens (tertiary/aromatic N) is 2. The molecule has 3 aromatic heterocycles. The van der Waals surface area contributed by atoms with Gasteiger partial charge < -0.3 is 82.0 Å². The number of aromatic nitrogens is 4. The fourth-order valence-corrected chi connectivity index (χ4v) is 23.5. The second-order valence-electron chi connectivity index (χ2n) is 24.3. The molecule has 562 valence electrons. The van der Waals surface area contributed by atoms with Gasteiger partial charge in [-0.15, -0.1) is 0 Å². The van der Waals surface area contributed by atoms with E-state index >= 15 is 0 Å². The van der Waals surface area contributed by atoms with E-state index < -0.39 is 35.2 Å². The molecule has 0 saturated carbocycles. The summed E-state index contributed by atoms with van der Waals surface area (Å²) in [6, 6.07) is 44.1. The molecule has 0 spiro atoms. The van der Waals surface area contributed by atoms with Crippen LogP contribution < -0.4 is 18.9 Å². The molecular weight excluding hydrogens is 1390 g/mol. The van der Waals surface area contributed by atoms with Gasteiger partial charge in [0.25, 0.3) is 0 Å². The molecule has 0 fully saturated rings. The summed E-state index contributed by atoms with van der Waals surface area (Å²) < 4.78 is 99.5. The zero-order valence-corrected chi connectivity index (χ0v) is 67.3. The monoisotopic (exact) mass is 1490 g/mol. The normalized spacial score (nSPS) is 12.6. The molecule has 0 amide bonds. The highest BCUT2D eigenvalue weighted by molar-refractivity contribution is 6.61. The first-order valence-electron chi connectivity index (χ1n) is 37.6. The highest BCUT2D eigenvalue weighted by atomic mass is 28.4. The van der Waals surface area contributed by atoms with Crippen LogP contribution in [0, 0.1) is 0 Å². The first-order chi connectivity index (χ1) is 50.8. The summed E-state index contributed by atoms with van der Waals surface area (Å²) >= 11 is 0. The summed E-state index contributed by atoms with van der Waals surface area (Å²) in [7, 11) is -11.4. The van der Waals surface area contributed by atoms with Gasteiger partial charge in [-0.1, -0.05) is 48.5 Å². The van der Waals surface area contributed by atoms with E-state index in [0.717, 1.165) is 112 Å². The Morgan fingerprint density at radius 1 is 0.240 bits per heavy atom. The lowest BCUT2D eigenvalue weighted by Gasteiger charge is -2.28. The van der Waals surface area contributed by atoms with Crippen molar-refractivity contribution >= 4 is 81.6 Å². The van der Waals surface area contributed by atoms with Crippen LogP contribution >= 0.6 is 0 Å². The van der Waals surface area contributed by atoms with Crippen molar-refractivity contribution in [2.24, 2.45) is 0 Å². The van der Waals surface area contributed by atoms with Crippen molar-refractivity contribution in [3.8, 4) is 67.5 Å². The zero-order valence-electron chi connectivity index (χ0n) is 63.3. The molecule has 2 aliphatic rings. The van der Waals surface area contributed by atoms with Gasteiger partial charge in [0, 0.05) is 148 Å². The Morgan fingerprint density at radius 3 is 0.577 bits per heavy atom. The van der Waals surface area contributed by atoms with E-state index in [2.05, 4.69) is 107 Å². The van der Waals surface area contributed by atoms with Crippen molar-refractivity contribution in [1.82, 2.24) is 19.9 Å². The lowest BCUT2D eigenvalue weighted by molar-refractivity contribution is 0.0689. The van der Waals surface area contributed by atoms with E-state index in [-0.39, 0.29) is 0 Å². The third kappa shape index (κ3) is 21.7. The van der Waals surface area contributed by atoms with Crippen LogP contribution in [0.25, 0.3) is 90.9 Å². The molecule has 4 aromatic carbocycles. The van der Waals surface area contributed by atoms with E-state index in [9.17, 15) is 0 Å². The lowest BCUT2D eigenvalue weighted by Crippen LogP contribution is -2.46. The predicted molar refractivity (Wildman–Crippen MR) is 423 cm³/mol. The Morgan fingerprint density at radius 2 is 0.413 bits per heavy atom. The average molecular weight is 1500 g/mol.